The van der Waals surface area contributed by atoms with Crippen LogP contribution in [0.3, 0.4) is 0 Å². The largest absolute Gasteiger partial charge is 0.396 e. The minimum atomic E-state index is 0.104. The molecule has 0 aromatic heterocycles. The SMILES string of the molecule is Cc1ccccc1C/C(N)=N/OCCCO. The van der Waals surface area contributed by atoms with E-state index in [-0.39, 0.29) is 6.61 Å². The van der Waals surface area contributed by atoms with E-state index in [0.717, 1.165) is 5.56 Å². The molecule has 4 nitrogen and oxygen atoms in total. The molecule has 3 N–H and O–H groups in total. The zero-order valence-electron chi connectivity index (χ0n) is 9.52. The van der Waals surface area contributed by atoms with Crippen molar-refractivity contribution in [1.82, 2.24) is 0 Å². The van der Waals surface area contributed by atoms with Crippen molar-refractivity contribution < 1.29 is 9.94 Å². The standard InChI is InChI=1S/C12H18N2O2/c1-10-5-2-3-6-11(10)9-12(13)14-16-8-4-7-15/h2-3,5-6,15H,4,7-9H2,1H3,(H2,13,14). The lowest BCUT2D eigenvalue weighted by Gasteiger charge is -2.04. The highest BCUT2D eigenvalue weighted by molar-refractivity contribution is 5.82. The summed E-state index contributed by atoms with van der Waals surface area (Å²) in [6.07, 6.45) is 1.16. The molecule has 0 aliphatic rings. The van der Waals surface area contributed by atoms with Gasteiger partial charge in [-0.1, -0.05) is 29.4 Å². The number of aliphatic hydroxyl groups excluding tert-OH is 1. The summed E-state index contributed by atoms with van der Waals surface area (Å²) in [7, 11) is 0. The monoisotopic (exact) mass is 222 g/mol. The fraction of sp³-hybridized carbons (Fsp3) is 0.417. The van der Waals surface area contributed by atoms with Gasteiger partial charge in [0, 0.05) is 19.4 Å². The molecule has 0 fully saturated rings. The summed E-state index contributed by atoms with van der Waals surface area (Å²) in [5, 5.41) is 12.3. The summed E-state index contributed by atoms with van der Waals surface area (Å²) in [4.78, 5) is 4.95. The Morgan fingerprint density at radius 1 is 1.44 bits per heavy atom. The number of benzene rings is 1. The first kappa shape index (κ1) is 12.5. The predicted molar refractivity (Wildman–Crippen MR) is 64.2 cm³/mol. The van der Waals surface area contributed by atoms with E-state index < -0.39 is 0 Å². The molecule has 1 rings (SSSR count). The Morgan fingerprint density at radius 2 is 2.19 bits per heavy atom. The smallest absolute Gasteiger partial charge is 0.143 e. The van der Waals surface area contributed by atoms with E-state index in [0.29, 0.717) is 25.3 Å². The normalized spacial score (nSPS) is 11.5. The fourth-order valence-electron chi connectivity index (χ4n) is 1.29. The van der Waals surface area contributed by atoms with Crippen molar-refractivity contribution in [3.8, 4) is 0 Å². The van der Waals surface area contributed by atoms with Crippen LogP contribution >= 0.6 is 0 Å². The van der Waals surface area contributed by atoms with Gasteiger partial charge in [-0.05, 0) is 18.1 Å². The third-order valence-electron chi connectivity index (χ3n) is 2.21. The Hall–Kier alpha value is -1.55. The quantitative estimate of drug-likeness (QED) is 0.329. The van der Waals surface area contributed by atoms with Gasteiger partial charge in [0.2, 0.25) is 0 Å². The Bertz CT molecular complexity index is 351. The minimum Gasteiger partial charge on any atom is -0.396 e. The van der Waals surface area contributed by atoms with Crippen LogP contribution in [0.1, 0.15) is 17.5 Å². The highest BCUT2D eigenvalue weighted by atomic mass is 16.6. The Balaban J connectivity index is 2.44. The van der Waals surface area contributed by atoms with Crippen LogP contribution in [-0.4, -0.2) is 24.2 Å². The van der Waals surface area contributed by atoms with Crippen LogP contribution in [0.25, 0.3) is 0 Å². The average molecular weight is 222 g/mol. The van der Waals surface area contributed by atoms with E-state index in [4.69, 9.17) is 15.7 Å². The van der Waals surface area contributed by atoms with Gasteiger partial charge in [0.05, 0.1) is 0 Å². The number of hydrogen-bond donors (Lipinski definition) is 2. The van der Waals surface area contributed by atoms with E-state index in [2.05, 4.69) is 5.16 Å². The number of nitrogens with two attached hydrogens (primary N) is 1. The van der Waals surface area contributed by atoms with E-state index in [1.165, 1.54) is 5.56 Å². The van der Waals surface area contributed by atoms with Crippen molar-refractivity contribution in [2.24, 2.45) is 10.9 Å². The summed E-state index contributed by atoms with van der Waals surface area (Å²) >= 11 is 0. The predicted octanol–water partition coefficient (Wildman–Crippen LogP) is 1.21. The second kappa shape index (κ2) is 6.85. The maximum absolute atomic E-state index is 8.54. The second-order valence-corrected chi connectivity index (χ2v) is 3.60. The van der Waals surface area contributed by atoms with Crippen LogP contribution < -0.4 is 5.73 Å². The lowest BCUT2D eigenvalue weighted by molar-refractivity contribution is 0.123. The van der Waals surface area contributed by atoms with Gasteiger partial charge in [-0.2, -0.15) is 0 Å². The Morgan fingerprint density at radius 3 is 2.88 bits per heavy atom. The molecule has 16 heavy (non-hydrogen) atoms. The van der Waals surface area contributed by atoms with Crippen molar-refractivity contribution in [1.29, 1.82) is 0 Å². The number of aliphatic hydroxyl groups is 1. The van der Waals surface area contributed by atoms with Crippen molar-refractivity contribution in [3.05, 3.63) is 35.4 Å². The van der Waals surface area contributed by atoms with Crippen LogP contribution in [0, 0.1) is 6.92 Å². The van der Waals surface area contributed by atoms with E-state index in [1.54, 1.807) is 0 Å². The molecule has 0 aliphatic carbocycles. The number of aryl methyl sites for hydroxylation is 1. The number of hydrogen-bond acceptors (Lipinski definition) is 3. The molecule has 0 saturated heterocycles. The lowest BCUT2D eigenvalue weighted by atomic mass is 10.1. The highest BCUT2D eigenvalue weighted by Gasteiger charge is 2.00. The summed E-state index contributed by atoms with van der Waals surface area (Å²) in [5.41, 5.74) is 8.06. The molecule has 0 heterocycles. The van der Waals surface area contributed by atoms with Gasteiger partial charge < -0.3 is 15.7 Å². The van der Waals surface area contributed by atoms with Gasteiger partial charge in [-0.3, -0.25) is 0 Å². The molecule has 0 amide bonds. The zero-order valence-corrected chi connectivity index (χ0v) is 9.52. The third-order valence-corrected chi connectivity index (χ3v) is 2.21. The molecule has 0 radical (unpaired) electrons. The van der Waals surface area contributed by atoms with Gasteiger partial charge in [-0.15, -0.1) is 0 Å². The van der Waals surface area contributed by atoms with E-state index in [9.17, 15) is 0 Å². The first-order valence-corrected chi connectivity index (χ1v) is 5.33. The van der Waals surface area contributed by atoms with Gasteiger partial charge in [-0.25, -0.2) is 0 Å². The van der Waals surface area contributed by atoms with Crippen LogP contribution in [0.4, 0.5) is 0 Å². The molecule has 1 aromatic rings. The maximum Gasteiger partial charge on any atom is 0.143 e. The molecule has 0 unspecified atom stereocenters. The molecule has 0 bridgehead atoms. The molecule has 4 heteroatoms. The average Bonchev–Trinajstić information content (AvgIpc) is 2.28. The lowest BCUT2D eigenvalue weighted by Crippen LogP contribution is -2.16. The van der Waals surface area contributed by atoms with Crippen molar-refractivity contribution >= 4 is 5.84 Å². The Kier molecular flexibility index (Phi) is 5.36. The summed E-state index contributed by atoms with van der Waals surface area (Å²) in [6, 6.07) is 8.02. The molecular formula is C12H18N2O2. The van der Waals surface area contributed by atoms with Crippen molar-refractivity contribution in [2.45, 2.75) is 19.8 Å². The fourth-order valence-corrected chi connectivity index (χ4v) is 1.29. The topological polar surface area (TPSA) is 67.8 Å². The number of rotatable bonds is 6. The summed E-state index contributed by atoms with van der Waals surface area (Å²) < 4.78 is 0. The summed E-state index contributed by atoms with van der Waals surface area (Å²) in [6.45, 7) is 2.54. The molecule has 0 saturated carbocycles. The van der Waals surface area contributed by atoms with E-state index in [1.807, 2.05) is 31.2 Å². The number of amidine groups is 1. The molecule has 88 valence electrons. The molecule has 0 atom stereocenters. The number of oxime groups is 1. The molecule has 0 spiro atoms. The molecule has 1 aromatic carbocycles. The van der Waals surface area contributed by atoms with Gasteiger partial charge in [0.1, 0.15) is 12.4 Å². The maximum atomic E-state index is 8.54. The molecular weight excluding hydrogens is 204 g/mol. The highest BCUT2D eigenvalue weighted by Crippen LogP contribution is 2.07. The first-order valence-electron chi connectivity index (χ1n) is 5.33. The van der Waals surface area contributed by atoms with Crippen LogP contribution in [0.15, 0.2) is 29.4 Å². The Labute approximate surface area is 95.7 Å². The van der Waals surface area contributed by atoms with Crippen molar-refractivity contribution in [3.63, 3.8) is 0 Å². The van der Waals surface area contributed by atoms with Crippen molar-refractivity contribution in [2.75, 3.05) is 13.2 Å². The number of nitrogens with zero attached hydrogens (tertiary/aromatic N) is 1. The first-order chi connectivity index (χ1) is 7.74. The van der Waals surface area contributed by atoms with Gasteiger partial charge in [0.15, 0.2) is 0 Å². The molecule has 0 aliphatic heterocycles. The van der Waals surface area contributed by atoms with Crippen LogP contribution in [0.2, 0.25) is 0 Å². The van der Waals surface area contributed by atoms with Gasteiger partial charge in [0.25, 0.3) is 0 Å². The van der Waals surface area contributed by atoms with Crippen LogP contribution in [0.5, 0.6) is 0 Å². The second-order valence-electron chi connectivity index (χ2n) is 3.60. The third kappa shape index (κ3) is 4.31. The van der Waals surface area contributed by atoms with E-state index >= 15 is 0 Å². The zero-order chi connectivity index (χ0) is 11.8. The summed E-state index contributed by atoms with van der Waals surface area (Å²) in [5.74, 6) is 0.451. The minimum absolute atomic E-state index is 0.104. The van der Waals surface area contributed by atoms with Gasteiger partial charge >= 0.3 is 0 Å². The van der Waals surface area contributed by atoms with Crippen LogP contribution in [-0.2, 0) is 11.3 Å².